The summed E-state index contributed by atoms with van der Waals surface area (Å²) in [6.07, 6.45) is 1.59. The van der Waals surface area contributed by atoms with Crippen molar-refractivity contribution in [3.05, 3.63) is 30.0 Å². The molecular formula is C13H19N5O2S. The van der Waals surface area contributed by atoms with Crippen LogP contribution in [0, 0.1) is 6.92 Å². The molecule has 8 heteroatoms. The van der Waals surface area contributed by atoms with E-state index in [2.05, 4.69) is 15.5 Å². The Balaban J connectivity index is 1.87. The molecule has 1 unspecified atom stereocenters. The SMILES string of the molecule is Cc1nnc(SCC(=O)NC(C)c2ccco2)n1CCN. The first-order valence-corrected chi connectivity index (χ1v) is 7.65. The van der Waals surface area contributed by atoms with Gasteiger partial charge in [-0.15, -0.1) is 10.2 Å². The van der Waals surface area contributed by atoms with Crippen molar-refractivity contribution in [2.45, 2.75) is 31.6 Å². The molecular weight excluding hydrogens is 290 g/mol. The van der Waals surface area contributed by atoms with Crippen LogP contribution in [0.15, 0.2) is 28.0 Å². The molecule has 1 amide bonds. The molecule has 2 aromatic heterocycles. The van der Waals surface area contributed by atoms with Crippen molar-refractivity contribution in [1.29, 1.82) is 0 Å². The average molecular weight is 309 g/mol. The maximum Gasteiger partial charge on any atom is 0.231 e. The van der Waals surface area contributed by atoms with Gasteiger partial charge in [-0.1, -0.05) is 11.8 Å². The van der Waals surface area contributed by atoms with Gasteiger partial charge in [0.25, 0.3) is 0 Å². The minimum Gasteiger partial charge on any atom is -0.467 e. The lowest BCUT2D eigenvalue weighted by Gasteiger charge is -2.11. The van der Waals surface area contributed by atoms with Gasteiger partial charge < -0.3 is 20.0 Å². The van der Waals surface area contributed by atoms with Gasteiger partial charge in [-0.25, -0.2) is 0 Å². The zero-order valence-corrected chi connectivity index (χ0v) is 12.9. The predicted molar refractivity (Wildman–Crippen MR) is 79.8 cm³/mol. The Labute approximate surface area is 127 Å². The summed E-state index contributed by atoms with van der Waals surface area (Å²) in [5.74, 6) is 1.72. The first-order chi connectivity index (χ1) is 10.1. The van der Waals surface area contributed by atoms with Crippen LogP contribution in [-0.2, 0) is 11.3 Å². The van der Waals surface area contributed by atoms with E-state index in [0.29, 0.717) is 18.2 Å². The standard InChI is InChI=1S/C13H19N5O2S/c1-9(11-4-3-7-20-11)15-12(19)8-21-13-17-16-10(2)18(13)6-5-14/h3-4,7,9H,5-6,8,14H2,1-2H3,(H,15,19). The molecule has 1 atom stereocenters. The number of carbonyl (C=O) groups excluding carboxylic acids is 1. The highest BCUT2D eigenvalue weighted by Crippen LogP contribution is 2.17. The zero-order valence-electron chi connectivity index (χ0n) is 12.1. The number of furan rings is 1. The molecule has 0 saturated carbocycles. The molecule has 0 saturated heterocycles. The maximum absolute atomic E-state index is 11.9. The highest BCUT2D eigenvalue weighted by atomic mass is 32.2. The van der Waals surface area contributed by atoms with Crippen molar-refractivity contribution >= 4 is 17.7 Å². The molecule has 2 heterocycles. The number of nitrogens with zero attached hydrogens (tertiary/aromatic N) is 3. The second kappa shape index (κ2) is 7.28. The molecule has 2 aromatic rings. The Kier molecular flexibility index (Phi) is 5.40. The highest BCUT2D eigenvalue weighted by Gasteiger charge is 2.14. The fourth-order valence-electron chi connectivity index (χ4n) is 1.88. The van der Waals surface area contributed by atoms with Crippen molar-refractivity contribution in [3.8, 4) is 0 Å². The van der Waals surface area contributed by atoms with E-state index in [1.165, 1.54) is 11.8 Å². The van der Waals surface area contributed by atoms with E-state index in [0.717, 1.165) is 11.6 Å². The molecule has 0 aromatic carbocycles. The van der Waals surface area contributed by atoms with E-state index in [-0.39, 0.29) is 17.7 Å². The lowest BCUT2D eigenvalue weighted by Crippen LogP contribution is -2.28. The van der Waals surface area contributed by atoms with Gasteiger partial charge in [0.05, 0.1) is 18.1 Å². The quantitative estimate of drug-likeness (QED) is 0.743. The van der Waals surface area contributed by atoms with Crippen LogP contribution in [0.3, 0.4) is 0 Å². The summed E-state index contributed by atoms with van der Waals surface area (Å²) in [5.41, 5.74) is 5.56. The minimum atomic E-state index is -0.156. The van der Waals surface area contributed by atoms with Crippen molar-refractivity contribution in [3.63, 3.8) is 0 Å². The number of hydrogen-bond donors (Lipinski definition) is 2. The van der Waals surface area contributed by atoms with Crippen LogP contribution in [-0.4, -0.2) is 33.0 Å². The average Bonchev–Trinajstić information content (AvgIpc) is 3.09. The van der Waals surface area contributed by atoms with E-state index < -0.39 is 0 Å². The lowest BCUT2D eigenvalue weighted by molar-refractivity contribution is -0.119. The third-order valence-electron chi connectivity index (χ3n) is 2.93. The van der Waals surface area contributed by atoms with Gasteiger partial charge in [0.2, 0.25) is 5.91 Å². The second-order valence-electron chi connectivity index (χ2n) is 4.56. The number of rotatable bonds is 7. The summed E-state index contributed by atoms with van der Waals surface area (Å²) in [6, 6.07) is 3.47. The van der Waals surface area contributed by atoms with Crippen LogP contribution in [0.25, 0.3) is 0 Å². The summed E-state index contributed by atoms with van der Waals surface area (Å²) in [7, 11) is 0. The smallest absolute Gasteiger partial charge is 0.231 e. The van der Waals surface area contributed by atoms with Gasteiger partial charge in [0, 0.05) is 13.1 Å². The van der Waals surface area contributed by atoms with Crippen LogP contribution >= 0.6 is 11.8 Å². The van der Waals surface area contributed by atoms with E-state index in [1.54, 1.807) is 12.3 Å². The summed E-state index contributed by atoms with van der Waals surface area (Å²) < 4.78 is 7.16. The topological polar surface area (TPSA) is 99.0 Å². The molecule has 21 heavy (non-hydrogen) atoms. The lowest BCUT2D eigenvalue weighted by atomic mass is 10.2. The fourth-order valence-corrected chi connectivity index (χ4v) is 2.70. The number of thioether (sulfide) groups is 1. The Morgan fingerprint density at radius 2 is 2.38 bits per heavy atom. The largest absolute Gasteiger partial charge is 0.467 e. The van der Waals surface area contributed by atoms with Gasteiger partial charge in [0.1, 0.15) is 11.6 Å². The summed E-state index contributed by atoms with van der Waals surface area (Å²) in [6.45, 7) is 4.90. The Morgan fingerprint density at radius 1 is 1.57 bits per heavy atom. The number of aromatic nitrogens is 3. The van der Waals surface area contributed by atoms with Crippen LogP contribution in [0.4, 0.5) is 0 Å². The Morgan fingerprint density at radius 3 is 3.05 bits per heavy atom. The van der Waals surface area contributed by atoms with Gasteiger partial charge in [-0.05, 0) is 26.0 Å². The molecule has 3 N–H and O–H groups in total. The van der Waals surface area contributed by atoms with Gasteiger partial charge in [-0.3, -0.25) is 4.79 Å². The predicted octanol–water partition coefficient (Wildman–Crippen LogP) is 1.11. The second-order valence-corrected chi connectivity index (χ2v) is 5.51. The third-order valence-corrected chi connectivity index (χ3v) is 3.90. The molecule has 2 rings (SSSR count). The molecule has 0 fully saturated rings. The molecule has 0 bridgehead atoms. The Bertz CT molecular complexity index is 581. The number of amides is 1. The van der Waals surface area contributed by atoms with Crippen molar-refractivity contribution < 1.29 is 9.21 Å². The first-order valence-electron chi connectivity index (χ1n) is 6.67. The molecule has 114 valence electrons. The van der Waals surface area contributed by atoms with Gasteiger partial charge >= 0.3 is 0 Å². The number of carbonyl (C=O) groups is 1. The molecule has 7 nitrogen and oxygen atoms in total. The third kappa shape index (κ3) is 4.08. The van der Waals surface area contributed by atoms with E-state index >= 15 is 0 Å². The van der Waals surface area contributed by atoms with E-state index in [1.807, 2.05) is 24.5 Å². The maximum atomic E-state index is 11.9. The number of nitrogens with one attached hydrogen (secondary N) is 1. The van der Waals surface area contributed by atoms with E-state index in [9.17, 15) is 4.79 Å². The molecule has 0 radical (unpaired) electrons. The monoisotopic (exact) mass is 309 g/mol. The van der Waals surface area contributed by atoms with Crippen LogP contribution in [0.1, 0.15) is 24.6 Å². The number of nitrogens with two attached hydrogens (primary N) is 1. The van der Waals surface area contributed by atoms with Gasteiger partial charge in [0.15, 0.2) is 5.16 Å². The van der Waals surface area contributed by atoms with Crippen molar-refractivity contribution in [1.82, 2.24) is 20.1 Å². The van der Waals surface area contributed by atoms with Crippen LogP contribution in [0.2, 0.25) is 0 Å². The normalized spacial score (nSPS) is 12.3. The molecule has 0 aliphatic rings. The number of aryl methyl sites for hydroxylation is 1. The number of hydrogen-bond acceptors (Lipinski definition) is 6. The van der Waals surface area contributed by atoms with Crippen LogP contribution in [0.5, 0.6) is 0 Å². The fraction of sp³-hybridized carbons (Fsp3) is 0.462. The van der Waals surface area contributed by atoms with E-state index in [4.69, 9.17) is 10.2 Å². The zero-order chi connectivity index (χ0) is 15.2. The first kappa shape index (κ1) is 15.6. The molecule has 0 aliphatic carbocycles. The van der Waals surface area contributed by atoms with Gasteiger partial charge in [-0.2, -0.15) is 0 Å². The Hall–Kier alpha value is -1.80. The minimum absolute atomic E-state index is 0.0798. The molecule has 0 spiro atoms. The molecule has 0 aliphatic heterocycles. The summed E-state index contributed by atoms with van der Waals surface area (Å²) >= 11 is 1.35. The summed E-state index contributed by atoms with van der Waals surface area (Å²) in [5, 5.41) is 11.6. The van der Waals surface area contributed by atoms with Crippen molar-refractivity contribution in [2.24, 2.45) is 5.73 Å². The highest BCUT2D eigenvalue weighted by molar-refractivity contribution is 7.99. The van der Waals surface area contributed by atoms with Crippen LogP contribution < -0.4 is 11.1 Å². The summed E-state index contributed by atoms with van der Waals surface area (Å²) in [4.78, 5) is 11.9. The van der Waals surface area contributed by atoms with Crippen molar-refractivity contribution in [2.75, 3.05) is 12.3 Å².